The number of methoxy groups -OCH3 is 1. The van der Waals surface area contributed by atoms with E-state index in [2.05, 4.69) is 47.2 Å². The fourth-order valence-electron chi connectivity index (χ4n) is 2.77. The van der Waals surface area contributed by atoms with E-state index < -0.39 is 0 Å². The van der Waals surface area contributed by atoms with Crippen molar-refractivity contribution >= 4 is 15.9 Å². The molecule has 1 atom stereocenters. The summed E-state index contributed by atoms with van der Waals surface area (Å²) in [6.07, 6.45) is 5.46. The predicted molar refractivity (Wildman–Crippen MR) is 83.7 cm³/mol. The van der Waals surface area contributed by atoms with Gasteiger partial charge in [-0.1, -0.05) is 19.4 Å². The zero-order chi connectivity index (χ0) is 13.9. The Hall–Kier alpha value is -0.540. The van der Waals surface area contributed by atoms with Crippen molar-refractivity contribution in [2.75, 3.05) is 13.7 Å². The molecule has 0 saturated heterocycles. The molecule has 0 amide bonds. The van der Waals surface area contributed by atoms with Gasteiger partial charge in [0.25, 0.3) is 0 Å². The maximum absolute atomic E-state index is 5.27. The van der Waals surface area contributed by atoms with E-state index in [0.29, 0.717) is 11.5 Å². The molecule has 0 aromatic heterocycles. The Kier molecular flexibility index (Phi) is 4.91. The van der Waals surface area contributed by atoms with E-state index in [1.54, 1.807) is 7.11 Å². The van der Waals surface area contributed by atoms with Crippen molar-refractivity contribution in [3.63, 3.8) is 0 Å². The molecular formula is C16H24BrNO. The molecule has 106 valence electrons. The third-order valence-electron chi connectivity index (χ3n) is 4.62. The van der Waals surface area contributed by atoms with Gasteiger partial charge in [-0.25, -0.2) is 0 Å². The van der Waals surface area contributed by atoms with Gasteiger partial charge in [0, 0.05) is 12.6 Å². The largest absolute Gasteiger partial charge is 0.496 e. The molecule has 2 rings (SSSR count). The quantitative estimate of drug-likeness (QED) is 0.819. The molecule has 1 aromatic rings. The van der Waals surface area contributed by atoms with Crippen molar-refractivity contribution in [3.05, 3.63) is 28.2 Å². The van der Waals surface area contributed by atoms with Crippen LogP contribution in [0.4, 0.5) is 0 Å². The van der Waals surface area contributed by atoms with E-state index in [1.807, 2.05) is 6.07 Å². The second-order valence-electron chi connectivity index (χ2n) is 5.70. The molecule has 0 spiro atoms. The molecular weight excluding hydrogens is 302 g/mol. The Bertz CT molecular complexity index is 423. The number of rotatable bonds is 6. The third kappa shape index (κ3) is 3.32. The molecule has 0 heterocycles. The second-order valence-corrected chi connectivity index (χ2v) is 6.56. The molecule has 0 bridgehead atoms. The number of ether oxygens (including phenoxy) is 1. The molecule has 1 aromatic carbocycles. The standard InChI is InChI=1S/C16H24BrNO/c1-4-16(8-5-9-16)11-18-12(2)13-6-7-15(19-3)14(17)10-13/h6-7,10,12,18H,4-5,8-9,11H2,1-3H3. The van der Waals surface area contributed by atoms with Crippen LogP contribution in [-0.4, -0.2) is 13.7 Å². The lowest BCUT2D eigenvalue weighted by Gasteiger charge is -2.42. The Morgan fingerprint density at radius 2 is 2.16 bits per heavy atom. The summed E-state index contributed by atoms with van der Waals surface area (Å²) in [5.74, 6) is 0.889. The van der Waals surface area contributed by atoms with Gasteiger partial charge in [-0.3, -0.25) is 0 Å². The van der Waals surface area contributed by atoms with Crippen LogP contribution in [0.1, 0.15) is 51.1 Å². The SMILES string of the molecule is CCC1(CNC(C)c2ccc(OC)c(Br)c2)CCC1. The Balaban J connectivity index is 1.96. The summed E-state index contributed by atoms with van der Waals surface area (Å²) in [6, 6.07) is 6.69. The van der Waals surface area contributed by atoms with Crippen molar-refractivity contribution < 1.29 is 4.74 Å². The zero-order valence-electron chi connectivity index (χ0n) is 12.1. The van der Waals surface area contributed by atoms with Gasteiger partial charge in [-0.15, -0.1) is 0 Å². The maximum Gasteiger partial charge on any atom is 0.133 e. The van der Waals surface area contributed by atoms with Gasteiger partial charge in [0.1, 0.15) is 5.75 Å². The summed E-state index contributed by atoms with van der Waals surface area (Å²) in [5, 5.41) is 3.70. The highest BCUT2D eigenvalue weighted by atomic mass is 79.9. The average Bonchev–Trinajstić information content (AvgIpc) is 2.37. The first kappa shape index (κ1) is 14.9. The van der Waals surface area contributed by atoms with Crippen molar-refractivity contribution in [3.8, 4) is 5.75 Å². The van der Waals surface area contributed by atoms with Gasteiger partial charge in [0.05, 0.1) is 11.6 Å². The second kappa shape index (κ2) is 6.27. The van der Waals surface area contributed by atoms with Crippen LogP contribution in [-0.2, 0) is 0 Å². The lowest BCUT2D eigenvalue weighted by molar-refractivity contribution is 0.120. The van der Waals surface area contributed by atoms with Crippen LogP contribution in [0.5, 0.6) is 5.75 Å². The first-order chi connectivity index (χ1) is 9.10. The molecule has 2 nitrogen and oxygen atoms in total. The topological polar surface area (TPSA) is 21.3 Å². The average molecular weight is 326 g/mol. The molecule has 1 aliphatic carbocycles. The van der Waals surface area contributed by atoms with Crippen LogP contribution >= 0.6 is 15.9 Å². The van der Waals surface area contributed by atoms with Crippen molar-refractivity contribution in [2.45, 2.75) is 45.6 Å². The lowest BCUT2D eigenvalue weighted by atomic mass is 9.67. The fraction of sp³-hybridized carbons (Fsp3) is 0.625. The first-order valence-corrected chi connectivity index (χ1v) is 7.96. The maximum atomic E-state index is 5.27. The summed E-state index contributed by atoms with van der Waals surface area (Å²) in [7, 11) is 1.70. The number of hydrogen-bond acceptors (Lipinski definition) is 2. The van der Waals surface area contributed by atoms with Crippen molar-refractivity contribution in [2.24, 2.45) is 5.41 Å². The summed E-state index contributed by atoms with van der Waals surface area (Å²) in [6.45, 7) is 5.68. The Morgan fingerprint density at radius 1 is 1.42 bits per heavy atom. The van der Waals surface area contributed by atoms with Gasteiger partial charge in [0.2, 0.25) is 0 Å². The Morgan fingerprint density at radius 3 is 2.63 bits per heavy atom. The van der Waals surface area contributed by atoms with Gasteiger partial charge < -0.3 is 10.1 Å². The summed E-state index contributed by atoms with van der Waals surface area (Å²) >= 11 is 3.55. The van der Waals surface area contributed by atoms with E-state index in [0.717, 1.165) is 16.8 Å². The van der Waals surface area contributed by atoms with E-state index >= 15 is 0 Å². The lowest BCUT2D eigenvalue weighted by Crippen LogP contribution is -2.40. The molecule has 0 radical (unpaired) electrons. The third-order valence-corrected chi connectivity index (χ3v) is 5.24. The molecule has 3 heteroatoms. The van der Waals surface area contributed by atoms with Crippen LogP contribution in [0, 0.1) is 5.41 Å². The number of benzene rings is 1. The van der Waals surface area contributed by atoms with Crippen LogP contribution in [0.2, 0.25) is 0 Å². The van der Waals surface area contributed by atoms with Gasteiger partial charge >= 0.3 is 0 Å². The van der Waals surface area contributed by atoms with Gasteiger partial charge in [-0.2, -0.15) is 0 Å². The minimum absolute atomic E-state index is 0.381. The highest BCUT2D eigenvalue weighted by Crippen LogP contribution is 2.43. The smallest absolute Gasteiger partial charge is 0.133 e. The normalized spacial score (nSPS) is 18.7. The van der Waals surface area contributed by atoms with Gasteiger partial charge in [-0.05, 0) is 65.2 Å². The van der Waals surface area contributed by atoms with Gasteiger partial charge in [0.15, 0.2) is 0 Å². The summed E-state index contributed by atoms with van der Waals surface area (Å²) < 4.78 is 6.29. The fourth-order valence-corrected chi connectivity index (χ4v) is 3.33. The highest BCUT2D eigenvalue weighted by Gasteiger charge is 2.34. The number of nitrogens with one attached hydrogen (secondary N) is 1. The number of halogens is 1. The minimum atomic E-state index is 0.381. The van der Waals surface area contributed by atoms with Crippen molar-refractivity contribution in [1.82, 2.24) is 5.32 Å². The molecule has 19 heavy (non-hydrogen) atoms. The van der Waals surface area contributed by atoms with E-state index in [4.69, 9.17) is 4.74 Å². The molecule has 1 fully saturated rings. The molecule has 0 aliphatic heterocycles. The summed E-state index contributed by atoms with van der Waals surface area (Å²) in [4.78, 5) is 0. The molecule has 1 saturated carbocycles. The highest BCUT2D eigenvalue weighted by molar-refractivity contribution is 9.10. The van der Waals surface area contributed by atoms with Crippen LogP contribution in [0.3, 0.4) is 0 Å². The van der Waals surface area contributed by atoms with E-state index in [1.165, 1.54) is 31.2 Å². The van der Waals surface area contributed by atoms with Crippen molar-refractivity contribution in [1.29, 1.82) is 0 Å². The van der Waals surface area contributed by atoms with Crippen LogP contribution in [0.15, 0.2) is 22.7 Å². The molecule has 1 aliphatic rings. The van der Waals surface area contributed by atoms with Crippen LogP contribution in [0.25, 0.3) is 0 Å². The zero-order valence-corrected chi connectivity index (χ0v) is 13.7. The first-order valence-electron chi connectivity index (χ1n) is 7.17. The van der Waals surface area contributed by atoms with Crippen LogP contribution < -0.4 is 10.1 Å². The Labute approximate surface area is 125 Å². The van der Waals surface area contributed by atoms with E-state index in [9.17, 15) is 0 Å². The monoisotopic (exact) mass is 325 g/mol. The number of hydrogen-bond donors (Lipinski definition) is 1. The van der Waals surface area contributed by atoms with E-state index in [-0.39, 0.29) is 0 Å². The predicted octanol–water partition coefficient (Wildman–Crippen LogP) is 4.69. The molecule has 1 N–H and O–H groups in total. The minimum Gasteiger partial charge on any atom is -0.496 e. The summed E-state index contributed by atoms with van der Waals surface area (Å²) in [5.41, 5.74) is 1.87. The molecule has 1 unspecified atom stereocenters.